The topological polar surface area (TPSA) is 84.9 Å². The molecule has 1 aliphatic rings. The summed E-state index contributed by atoms with van der Waals surface area (Å²) in [6.45, 7) is -0.156. The van der Waals surface area contributed by atoms with Crippen molar-refractivity contribution in [3.63, 3.8) is 0 Å². The number of carbonyl (C=O) groups excluding carboxylic acids is 3. The summed E-state index contributed by atoms with van der Waals surface area (Å²) >= 11 is 0. The minimum Gasteiger partial charge on any atom is -0.497 e. The predicted molar refractivity (Wildman–Crippen MR) is 127 cm³/mol. The molecule has 1 heterocycles. The molecule has 0 unspecified atom stereocenters. The third-order valence-corrected chi connectivity index (χ3v) is 6.15. The molecule has 7 heteroatoms. The lowest BCUT2D eigenvalue weighted by Gasteiger charge is -2.39. The molecule has 3 aromatic rings. The zero-order chi connectivity index (χ0) is 24.2. The van der Waals surface area contributed by atoms with Crippen molar-refractivity contribution in [2.75, 3.05) is 27.8 Å². The molecular weight excluding hydrogens is 432 g/mol. The largest absolute Gasteiger partial charge is 0.497 e. The van der Waals surface area contributed by atoms with Gasteiger partial charge < -0.3 is 19.7 Å². The van der Waals surface area contributed by atoms with Crippen LogP contribution in [0.3, 0.4) is 0 Å². The van der Waals surface area contributed by atoms with E-state index in [-0.39, 0.29) is 24.1 Å². The van der Waals surface area contributed by atoms with E-state index in [0.29, 0.717) is 28.2 Å². The van der Waals surface area contributed by atoms with E-state index in [1.165, 1.54) is 0 Å². The van der Waals surface area contributed by atoms with Crippen LogP contribution in [-0.2, 0) is 4.79 Å². The minimum atomic E-state index is -0.684. The Morgan fingerprint density at radius 1 is 0.882 bits per heavy atom. The Morgan fingerprint density at radius 2 is 1.47 bits per heavy atom. The molecule has 0 aromatic heterocycles. The van der Waals surface area contributed by atoms with E-state index in [1.54, 1.807) is 80.8 Å². The highest BCUT2D eigenvalue weighted by molar-refractivity contribution is 6.03. The van der Waals surface area contributed by atoms with Crippen LogP contribution in [-0.4, -0.2) is 50.3 Å². The number of fused-ring (bicyclic) bond motifs is 1. The average Bonchev–Trinajstić information content (AvgIpc) is 2.89. The molecule has 34 heavy (non-hydrogen) atoms. The predicted octanol–water partition coefficient (Wildman–Crippen LogP) is 3.61. The van der Waals surface area contributed by atoms with Gasteiger partial charge in [0, 0.05) is 18.2 Å². The van der Waals surface area contributed by atoms with Crippen LogP contribution < -0.4 is 14.8 Å². The van der Waals surface area contributed by atoms with E-state index in [9.17, 15) is 14.4 Å². The summed E-state index contributed by atoms with van der Waals surface area (Å²) in [5.41, 5.74) is 2.40. The van der Waals surface area contributed by atoms with Gasteiger partial charge in [0.1, 0.15) is 11.5 Å². The van der Waals surface area contributed by atoms with Crippen LogP contribution in [0.5, 0.6) is 11.5 Å². The number of methoxy groups -OCH3 is 2. The van der Waals surface area contributed by atoms with Gasteiger partial charge in [-0.1, -0.05) is 30.3 Å². The van der Waals surface area contributed by atoms with Crippen LogP contribution in [0.2, 0.25) is 0 Å². The Kier molecular flexibility index (Phi) is 6.63. The highest BCUT2D eigenvalue weighted by Gasteiger charge is 2.42. The van der Waals surface area contributed by atoms with Crippen molar-refractivity contribution in [2.24, 2.45) is 0 Å². The Balaban J connectivity index is 1.63. The van der Waals surface area contributed by atoms with E-state index in [2.05, 4.69) is 5.32 Å². The maximum atomic E-state index is 13.5. The molecule has 0 bridgehead atoms. The summed E-state index contributed by atoms with van der Waals surface area (Å²) in [5.74, 6) is -0.0554. The fourth-order valence-electron chi connectivity index (χ4n) is 4.33. The zero-order valence-electron chi connectivity index (χ0n) is 19.3. The maximum Gasteiger partial charge on any atom is 0.254 e. The summed E-state index contributed by atoms with van der Waals surface area (Å²) in [7, 11) is 4.83. The van der Waals surface area contributed by atoms with Gasteiger partial charge in [0.15, 0.2) is 5.78 Å². The van der Waals surface area contributed by atoms with Gasteiger partial charge in [0.25, 0.3) is 5.91 Å². The standard InChI is InChI=1S/C27H26N2O5/c1-29-25(18-10-14-20(34-3)15-11-18)24(21-6-4-5-7-22(21)27(29)32)26(31)28-16-23(30)17-8-12-19(33-2)13-9-17/h4-15,24-25H,16H2,1-3H3,(H,28,31)/t24-,25-/m1/s1. The summed E-state index contributed by atoms with van der Waals surface area (Å²) in [4.78, 5) is 40.9. The van der Waals surface area contributed by atoms with Gasteiger partial charge in [-0.2, -0.15) is 0 Å². The van der Waals surface area contributed by atoms with Crippen LogP contribution in [0, 0.1) is 0 Å². The maximum absolute atomic E-state index is 13.5. The molecule has 4 rings (SSSR count). The highest BCUT2D eigenvalue weighted by atomic mass is 16.5. The van der Waals surface area contributed by atoms with Crippen LogP contribution in [0.4, 0.5) is 0 Å². The smallest absolute Gasteiger partial charge is 0.254 e. The van der Waals surface area contributed by atoms with Crippen molar-refractivity contribution in [1.82, 2.24) is 10.2 Å². The minimum absolute atomic E-state index is 0.156. The van der Waals surface area contributed by atoms with Gasteiger partial charge in [0.05, 0.1) is 32.7 Å². The number of benzene rings is 3. The molecule has 3 aromatic carbocycles. The molecule has 0 radical (unpaired) electrons. The first-order chi connectivity index (χ1) is 16.4. The second-order valence-corrected chi connectivity index (χ2v) is 8.07. The molecule has 0 spiro atoms. The number of rotatable bonds is 7. The van der Waals surface area contributed by atoms with E-state index < -0.39 is 12.0 Å². The molecule has 0 aliphatic carbocycles. The second-order valence-electron chi connectivity index (χ2n) is 8.07. The first-order valence-electron chi connectivity index (χ1n) is 10.9. The quantitative estimate of drug-likeness (QED) is 0.547. The molecular formula is C27H26N2O5. The molecule has 0 saturated carbocycles. The van der Waals surface area contributed by atoms with E-state index >= 15 is 0 Å². The number of likely N-dealkylation sites (N-methyl/N-ethyl adjacent to an activating group) is 1. The van der Waals surface area contributed by atoms with E-state index in [0.717, 1.165) is 5.56 Å². The summed E-state index contributed by atoms with van der Waals surface area (Å²) in [6.07, 6.45) is 0. The molecule has 2 amide bonds. The number of hydrogen-bond acceptors (Lipinski definition) is 5. The number of carbonyl (C=O) groups is 3. The van der Waals surface area contributed by atoms with Crippen molar-refractivity contribution in [3.8, 4) is 11.5 Å². The van der Waals surface area contributed by atoms with Gasteiger partial charge >= 0.3 is 0 Å². The monoisotopic (exact) mass is 458 g/mol. The van der Waals surface area contributed by atoms with Gasteiger partial charge in [-0.15, -0.1) is 0 Å². The van der Waals surface area contributed by atoms with Crippen molar-refractivity contribution in [3.05, 3.63) is 95.1 Å². The molecule has 2 atom stereocenters. The normalized spacial score (nSPS) is 17.0. The summed E-state index contributed by atoms with van der Waals surface area (Å²) in [6, 6.07) is 20.6. The van der Waals surface area contributed by atoms with Crippen LogP contribution >= 0.6 is 0 Å². The Labute approximate surface area is 198 Å². The van der Waals surface area contributed by atoms with Gasteiger partial charge in [-0.25, -0.2) is 0 Å². The van der Waals surface area contributed by atoms with Crippen molar-refractivity contribution >= 4 is 17.6 Å². The Morgan fingerprint density at radius 3 is 2.09 bits per heavy atom. The molecule has 1 aliphatic heterocycles. The molecule has 1 N–H and O–H groups in total. The fraction of sp³-hybridized carbons (Fsp3) is 0.222. The lowest BCUT2D eigenvalue weighted by atomic mass is 9.79. The van der Waals surface area contributed by atoms with E-state index in [4.69, 9.17) is 9.47 Å². The number of nitrogens with zero attached hydrogens (tertiary/aromatic N) is 1. The number of Topliss-reactive ketones (excluding diaryl/α,β-unsaturated/α-hetero) is 1. The lowest BCUT2D eigenvalue weighted by Crippen LogP contribution is -2.46. The first-order valence-corrected chi connectivity index (χ1v) is 10.9. The van der Waals surface area contributed by atoms with Crippen molar-refractivity contribution in [2.45, 2.75) is 12.0 Å². The first kappa shape index (κ1) is 23.0. The van der Waals surface area contributed by atoms with Crippen molar-refractivity contribution < 1.29 is 23.9 Å². The number of hydrogen-bond donors (Lipinski definition) is 1. The lowest BCUT2D eigenvalue weighted by molar-refractivity contribution is -0.123. The number of ketones is 1. The highest BCUT2D eigenvalue weighted by Crippen LogP contribution is 2.42. The molecule has 0 fully saturated rings. The number of ether oxygens (including phenoxy) is 2. The summed E-state index contributed by atoms with van der Waals surface area (Å²) < 4.78 is 10.4. The van der Waals surface area contributed by atoms with E-state index in [1.807, 2.05) is 18.2 Å². The Hall–Kier alpha value is -4.13. The zero-order valence-corrected chi connectivity index (χ0v) is 19.3. The fourth-order valence-corrected chi connectivity index (χ4v) is 4.33. The number of amides is 2. The third kappa shape index (κ3) is 4.37. The molecule has 7 nitrogen and oxygen atoms in total. The second kappa shape index (κ2) is 9.79. The van der Waals surface area contributed by atoms with Crippen molar-refractivity contribution in [1.29, 1.82) is 0 Å². The van der Waals surface area contributed by atoms with Gasteiger partial charge in [-0.3, -0.25) is 14.4 Å². The Bertz CT molecular complexity index is 1200. The van der Waals surface area contributed by atoms with Crippen LogP contribution in [0.1, 0.15) is 43.8 Å². The number of nitrogens with one attached hydrogen (secondary N) is 1. The molecule has 0 saturated heterocycles. The average molecular weight is 459 g/mol. The van der Waals surface area contributed by atoms with Crippen LogP contribution in [0.25, 0.3) is 0 Å². The third-order valence-electron chi connectivity index (χ3n) is 6.15. The van der Waals surface area contributed by atoms with Gasteiger partial charge in [0.2, 0.25) is 5.91 Å². The summed E-state index contributed by atoms with van der Waals surface area (Å²) in [5, 5.41) is 2.80. The van der Waals surface area contributed by atoms with Gasteiger partial charge in [-0.05, 0) is 53.6 Å². The SMILES string of the molecule is COc1ccc(C(=O)CNC(=O)[C@@H]2c3ccccc3C(=O)N(C)[C@@H]2c2ccc(OC)cc2)cc1. The molecule has 174 valence electrons. The van der Waals surface area contributed by atoms with Crippen LogP contribution in [0.15, 0.2) is 72.8 Å².